The number of rotatable bonds is 4. The molecule has 27 heavy (non-hydrogen) atoms. The van der Waals surface area contributed by atoms with Crippen molar-refractivity contribution in [3.63, 3.8) is 0 Å². The molecule has 1 aromatic carbocycles. The van der Waals surface area contributed by atoms with Gasteiger partial charge in [-0.05, 0) is 38.5 Å². The minimum Gasteiger partial charge on any atom is -0.334 e. The molecule has 0 bridgehead atoms. The van der Waals surface area contributed by atoms with Crippen LogP contribution in [-0.2, 0) is 9.84 Å². The Hall–Kier alpha value is -2.46. The molecule has 0 saturated carbocycles. The highest BCUT2D eigenvalue weighted by atomic mass is 32.2. The van der Waals surface area contributed by atoms with Gasteiger partial charge in [0.15, 0.2) is 15.0 Å². The van der Waals surface area contributed by atoms with Gasteiger partial charge in [0.25, 0.3) is 5.91 Å². The second kappa shape index (κ2) is 7.65. The van der Waals surface area contributed by atoms with Crippen molar-refractivity contribution >= 4 is 43.9 Å². The summed E-state index contributed by atoms with van der Waals surface area (Å²) in [7, 11) is -3.06. The van der Waals surface area contributed by atoms with Gasteiger partial charge in [-0.3, -0.25) is 10.1 Å². The summed E-state index contributed by atoms with van der Waals surface area (Å²) in [5.41, 5.74) is 1.69. The number of amides is 3. The Balaban J connectivity index is 1.61. The van der Waals surface area contributed by atoms with Gasteiger partial charge in [-0.1, -0.05) is 6.07 Å². The van der Waals surface area contributed by atoms with E-state index in [0.717, 1.165) is 10.6 Å². The van der Waals surface area contributed by atoms with E-state index in [4.69, 9.17) is 0 Å². The maximum atomic E-state index is 12.4. The van der Waals surface area contributed by atoms with Crippen molar-refractivity contribution in [1.82, 2.24) is 10.3 Å². The van der Waals surface area contributed by atoms with E-state index in [1.54, 1.807) is 24.3 Å². The molecule has 144 valence electrons. The molecule has 1 aliphatic heterocycles. The number of aromatic nitrogens is 1. The standard InChI is InChI=1S/C17H20N4O4S2/c1-10-11(2)26-17(18-10)21-15(22)12-4-3-5-13(8-12)19-16(23)20-14-6-7-27(24,25)9-14/h3-5,8,14H,6-7,9H2,1-2H3,(H,18,21,22)(H2,19,20,23). The van der Waals surface area contributed by atoms with Crippen LogP contribution in [-0.4, -0.2) is 42.9 Å². The molecule has 0 aliphatic carbocycles. The minimum atomic E-state index is -3.06. The summed E-state index contributed by atoms with van der Waals surface area (Å²) in [6.45, 7) is 3.81. The first-order valence-corrected chi connectivity index (χ1v) is 11.0. The number of anilines is 2. The van der Waals surface area contributed by atoms with Crippen LogP contribution >= 0.6 is 11.3 Å². The van der Waals surface area contributed by atoms with Crippen molar-refractivity contribution in [3.05, 3.63) is 40.4 Å². The topological polar surface area (TPSA) is 117 Å². The van der Waals surface area contributed by atoms with Gasteiger partial charge >= 0.3 is 6.03 Å². The Labute approximate surface area is 161 Å². The molecular formula is C17H20N4O4S2. The predicted octanol–water partition coefficient (Wildman–Crippen LogP) is 2.32. The van der Waals surface area contributed by atoms with Gasteiger partial charge in [0.2, 0.25) is 0 Å². The van der Waals surface area contributed by atoms with E-state index < -0.39 is 21.9 Å². The third-order valence-electron chi connectivity index (χ3n) is 4.20. The van der Waals surface area contributed by atoms with Crippen LogP contribution in [0, 0.1) is 13.8 Å². The fraction of sp³-hybridized carbons (Fsp3) is 0.353. The summed E-state index contributed by atoms with van der Waals surface area (Å²) in [5, 5.41) is 8.54. The molecule has 1 aliphatic rings. The number of carbonyl (C=O) groups excluding carboxylic acids is 2. The first-order chi connectivity index (χ1) is 12.7. The first-order valence-electron chi connectivity index (χ1n) is 8.35. The number of sulfone groups is 1. The number of carbonyl (C=O) groups is 2. The van der Waals surface area contributed by atoms with Crippen molar-refractivity contribution < 1.29 is 18.0 Å². The number of hydrogen-bond donors (Lipinski definition) is 3. The normalized spacial score (nSPS) is 18.1. The van der Waals surface area contributed by atoms with Gasteiger partial charge in [0.1, 0.15) is 0 Å². The minimum absolute atomic E-state index is 0.0461. The van der Waals surface area contributed by atoms with Crippen molar-refractivity contribution in [2.45, 2.75) is 26.3 Å². The largest absolute Gasteiger partial charge is 0.334 e. The van der Waals surface area contributed by atoms with E-state index in [2.05, 4.69) is 20.9 Å². The lowest BCUT2D eigenvalue weighted by molar-refractivity contribution is 0.102. The number of nitrogens with one attached hydrogen (secondary N) is 3. The van der Waals surface area contributed by atoms with Crippen LogP contribution in [0.2, 0.25) is 0 Å². The number of benzene rings is 1. The third-order valence-corrected chi connectivity index (χ3v) is 6.96. The molecule has 1 saturated heterocycles. The highest BCUT2D eigenvalue weighted by Gasteiger charge is 2.28. The van der Waals surface area contributed by atoms with E-state index in [0.29, 0.717) is 22.8 Å². The second-order valence-electron chi connectivity index (χ2n) is 6.39. The molecule has 3 N–H and O–H groups in total. The Morgan fingerprint density at radius 2 is 2.00 bits per heavy atom. The molecule has 1 aromatic heterocycles. The van der Waals surface area contributed by atoms with Crippen LogP contribution in [0.15, 0.2) is 24.3 Å². The zero-order valence-electron chi connectivity index (χ0n) is 14.9. The van der Waals surface area contributed by atoms with Gasteiger partial charge in [0.05, 0.1) is 17.2 Å². The van der Waals surface area contributed by atoms with Gasteiger partial charge < -0.3 is 10.6 Å². The van der Waals surface area contributed by atoms with Crippen LogP contribution in [0.25, 0.3) is 0 Å². The maximum absolute atomic E-state index is 12.4. The van der Waals surface area contributed by atoms with Crippen molar-refractivity contribution in [2.75, 3.05) is 22.1 Å². The van der Waals surface area contributed by atoms with Gasteiger partial charge in [-0.25, -0.2) is 18.2 Å². The molecule has 1 fully saturated rings. The first kappa shape index (κ1) is 19.3. The fourth-order valence-corrected chi connectivity index (χ4v) is 5.18. The Morgan fingerprint density at radius 3 is 2.63 bits per heavy atom. The molecule has 0 radical (unpaired) electrons. The molecule has 2 aromatic rings. The fourth-order valence-electron chi connectivity index (χ4n) is 2.70. The lowest BCUT2D eigenvalue weighted by atomic mass is 10.2. The highest BCUT2D eigenvalue weighted by Crippen LogP contribution is 2.22. The smallest absolute Gasteiger partial charge is 0.319 e. The molecule has 3 rings (SSSR count). The summed E-state index contributed by atoms with van der Waals surface area (Å²) >= 11 is 1.40. The molecule has 8 nitrogen and oxygen atoms in total. The average Bonchev–Trinajstić information content (AvgIpc) is 3.08. The molecule has 10 heteroatoms. The zero-order valence-corrected chi connectivity index (χ0v) is 16.5. The van der Waals surface area contributed by atoms with E-state index in [1.165, 1.54) is 11.3 Å². The summed E-state index contributed by atoms with van der Waals surface area (Å²) in [6, 6.07) is 5.60. The van der Waals surface area contributed by atoms with E-state index in [-0.39, 0.29) is 17.4 Å². The van der Waals surface area contributed by atoms with Crippen molar-refractivity contribution in [1.29, 1.82) is 0 Å². The van der Waals surface area contributed by atoms with Crippen molar-refractivity contribution in [2.24, 2.45) is 0 Å². The number of hydrogen-bond acceptors (Lipinski definition) is 6. The zero-order chi connectivity index (χ0) is 19.6. The van der Waals surface area contributed by atoms with E-state index >= 15 is 0 Å². The Bertz CT molecular complexity index is 965. The predicted molar refractivity (Wildman–Crippen MR) is 105 cm³/mol. The molecule has 1 unspecified atom stereocenters. The number of urea groups is 1. The van der Waals surface area contributed by atoms with Crippen LogP contribution in [0.4, 0.5) is 15.6 Å². The molecular weight excluding hydrogens is 388 g/mol. The van der Waals surface area contributed by atoms with Gasteiger partial charge in [-0.15, -0.1) is 11.3 Å². The van der Waals surface area contributed by atoms with Crippen LogP contribution in [0.3, 0.4) is 0 Å². The Morgan fingerprint density at radius 1 is 1.22 bits per heavy atom. The summed E-state index contributed by atoms with van der Waals surface area (Å²) in [6.07, 6.45) is 0.408. The SMILES string of the molecule is Cc1nc(NC(=O)c2cccc(NC(=O)NC3CCS(=O)(=O)C3)c2)sc1C. The molecule has 2 heterocycles. The number of thiazole rings is 1. The van der Waals surface area contributed by atoms with E-state index in [9.17, 15) is 18.0 Å². The summed E-state index contributed by atoms with van der Waals surface area (Å²) < 4.78 is 22.9. The van der Waals surface area contributed by atoms with E-state index in [1.807, 2.05) is 13.8 Å². The number of nitrogens with zero attached hydrogens (tertiary/aromatic N) is 1. The van der Waals surface area contributed by atoms with Crippen LogP contribution in [0.1, 0.15) is 27.3 Å². The Kier molecular flexibility index (Phi) is 5.47. The monoisotopic (exact) mass is 408 g/mol. The molecule has 0 spiro atoms. The summed E-state index contributed by atoms with van der Waals surface area (Å²) in [4.78, 5) is 29.8. The summed E-state index contributed by atoms with van der Waals surface area (Å²) in [5.74, 6) is -0.284. The molecule has 3 amide bonds. The quantitative estimate of drug-likeness (QED) is 0.718. The third kappa shape index (κ3) is 5.04. The van der Waals surface area contributed by atoms with Gasteiger partial charge in [0, 0.05) is 22.2 Å². The maximum Gasteiger partial charge on any atom is 0.319 e. The second-order valence-corrected chi connectivity index (χ2v) is 9.83. The van der Waals surface area contributed by atoms with Crippen LogP contribution < -0.4 is 16.0 Å². The lowest BCUT2D eigenvalue weighted by Gasteiger charge is -2.12. The lowest BCUT2D eigenvalue weighted by Crippen LogP contribution is -2.38. The molecule has 1 atom stereocenters. The average molecular weight is 409 g/mol. The highest BCUT2D eigenvalue weighted by molar-refractivity contribution is 7.91. The van der Waals surface area contributed by atoms with Crippen LogP contribution in [0.5, 0.6) is 0 Å². The van der Waals surface area contributed by atoms with Crippen molar-refractivity contribution in [3.8, 4) is 0 Å². The number of aryl methyl sites for hydroxylation is 2. The van der Waals surface area contributed by atoms with Gasteiger partial charge in [-0.2, -0.15) is 0 Å².